The van der Waals surface area contributed by atoms with Gasteiger partial charge in [-0.1, -0.05) is 18.5 Å². The summed E-state index contributed by atoms with van der Waals surface area (Å²) >= 11 is 6.10. The lowest BCUT2D eigenvalue weighted by Gasteiger charge is -2.14. The molecule has 0 radical (unpaired) electrons. The van der Waals surface area contributed by atoms with Crippen LogP contribution >= 0.6 is 11.6 Å². The Balaban J connectivity index is 2.26. The molecule has 0 bridgehead atoms. The van der Waals surface area contributed by atoms with Crippen LogP contribution in [0.4, 0.5) is 17.5 Å². The fraction of sp³-hybridized carbons (Fsp3) is 0.400. The summed E-state index contributed by atoms with van der Waals surface area (Å²) in [6.45, 7) is 4.13. The van der Waals surface area contributed by atoms with Crippen LogP contribution in [0.15, 0.2) is 18.3 Å². The molecule has 7 nitrogen and oxygen atoms in total. The summed E-state index contributed by atoms with van der Waals surface area (Å²) in [7, 11) is 3.12. The molecule has 1 aromatic carbocycles. The molecule has 2 rings (SSSR count). The second kappa shape index (κ2) is 7.82. The summed E-state index contributed by atoms with van der Waals surface area (Å²) in [5, 5.41) is 14.7. The molecule has 1 unspecified atom stereocenters. The Hall–Kier alpha value is -2.28. The van der Waals surface area contributed by atoms with E-state index in [0.29, 0.717) is 34.0 Å². The second-order valence-corrected chi connectivity index (χ2v) is 5.34. The molecule has 0 fully saturated rings. The maximum Gasteiger partial charge on any atom is 0.244 e. The minimum absolute atomic E-state index is 0.261. The molecule has 0 saturated heterocycles. The fourth-order valence-electron chi connectivity index (χ4n) is 1.84. The van der Waals surface area contributed by atoms with Crippen LogP contribution in [0.25, 0.3) is 0 Å². The first-order valence-electron chi connectivity index (χ1n) is 7.22. The number of ether oxygens (including phenoxy) is 2. The van der Waals surface area contributed by atoms with E-state index in [4.69, 9.17) is 21.1 Å². The second-order valence-electron chi connectivity index (χ2n) is 4.93. The molecule has 0 saturated carbocycles. The summed E-state index contributed by atoms with van der Waals surface area (Å²) in [5.74, 6) is 2.11. The maximum atomic E-state index is 6.10. The lowest BCUT2D eigenvalue weighted by molar-refractivity contribution is 0.405. The molecular formula is C15H20ClN5O2. The zero-order chi connectivity index (χ0) is 16.8. The molecule has 124 valence electrons. The van der Waals surface area contributed by atoms with Gasteiger partial charge in [-0.25, -0.2) is 0 Å². The van der Waals surface area contributed by atoms with Crippen LogP contribution in [-0.4, -0.2) is 35.4 Å². The third kappa shape index (κ3) is 4.35. The third-order valence-corrected chi connectivity index (χ3v) is 3.58. The minimum Gasteiger partial charge on any atom is -0.495 e. The van der Waals surface area contributed by atoms with Crippen LogP contribution in [0.5, 0.6) is 11.5 Å². The molecule has 0 amide bonds. The van der Waals surface area contributed by atoms with Gasteiger partial charge in [-0.2, -0.15) is 10.1 Å². The van der Waals surface area contributed by atoms with E-state index in [0.717, 1.165) is 6.42 Å². The van der Waals surface area contributed by atoms with Gasteiger partial charge in [0, 0.05) is 18.2 Å². The zero-order valence-corrected chi connectivity index (χ0v) is 14.3. The van der Waals surface area contributed by atoms with E-state index >= 15 is 0 Å². The predicted octanol–water partition coefficient (Wildman–Crippen LogP) is 3.50. The summed E-state index contributed by atoms with van der Waals surface area (Å²) in [6.07, 6.45) is 2.49. The molecule has 2 N–H and O–H groups in total. The van der Waals surface area contributed by atoms with Crippen molar-refractivity contribution in [1.82, 2.24) is 15.2 Å². The van der Waals surface area contributed by atoms with Gasteiger partial charge >= 0.3 is 0 Å². The Morgan fingerprint density at radius 3 is 2.61 bits per heavy atom. The molecule has 0 aliphatic heterocycles. The molecule has 23 heavy (non-hydrogen) atoms. The summed E-state index contributed by atoms with van der Waals surface area (Å²) < 4.78 is 10.6. The van der Waals surface area contributed by atoms with Crippen molar-refractivity contribution in [3.8, 4) is 11.5 Å². The number of hydrogen-bond donors (Lipinski definition) is 2. The quantitative estimate of drug-likeness (QED) is 0.800. The fourth-order valence-corrected chi connectivity index (χ4v) is 2.07. The molecule has 0 aliphatic carbocycles. The highest BCUT2D eigenvalue weighted by atomic mass is 35.5. The Morgan fingerprint density at radius 1 is 1.22 bits per heavy atom. The zero-order valence-electron chi connectivity index (χ0n) is 13.6. The number of hydrogen-bond acceptors (Lipinski definition) is 7. The van der Waals surface area contributed by atoms with Crippen LogP contribution in [0, 0.1) is 0 Å². The van der Waals surface area contributed by atoms with Gasteiger partial charge in [-0.05, 0) is 13.3 Å². The maximum absolute atomic E-state index is 6.10. The lowest BCUT2D eigenvalue weighted by Crippen LogP contribution is -2.16. The van der Waals surface area contributed by atoms with Crippen molar-refractivity contribution in [1.29, 1.82) is 0 Å². The van der Waals surface area contributed by atoms with E-state index in [9.17, 15) is 0 Å². The number of methoxy groups -OCH3 is 2. The van der Waals surface area contributed by atoms with Crippen molar-refractivity contribution in [3.05, 3.63) is 23.4 Å². The van der Waals surface area contributed by atoms with Gasteiger partial charge in [0.15, 0.2) is 5.82 Å². The highest BCUT2D eigenvalue weighted by Crippen LogP contribution is 2.37. The number of nitrogens with zero attached hydrogens (tertiary/aromatic N) is 3. The minimum atomic E-state index is 0.261. The Kier molecular flexibility index (Phi) is 5.81. The van der Waals surface area contributed by atoms with Gasteiger partial charge in [-0.15, -0.1) is 5.10 Å². The Bertz CT molecular complexity index is 668. The first-order valence-corrected chi connectivity index (χ1v) is 7.60. The van der Waals surface area contributed by atoms with Crippen molar-refractivity contribution in [2.45, 2.75) is 26.3 Å². The third-order valence-electron chi connectivity index (χ3n) is 3.28. The molecule has 1 atom stereocenters. The number of anilines is 3. The van der Waals surface area contributed by atoms with Crippen LogP contribution in [-0.2, 0) is 0 Å². The van der Waals surface area contributed by atoms with Gasteiger partial charge in [0.1, 0.15) is 11.5 Å². The number of benzene rings is 1. The van der Waals surface area contributed by atoms with Crippen LogP contribution < -0.4 is 20.1 Å². The molecule has 0 aliphatic rings. The van der Waals surface area contributed by atoms with E-state index < -0.39 is 0 Å². The standard InChI is InChI=1S/C15H20ClN5O2/c1-5-9(2)18-15-20-14(8-17-21-15)19-11-7-12(22-3)10(16)6-13(11)23-4/h6-9H,5H2,1-4H3,(H2,18,19,20,21). The molecule has 1 heterocycles. The van der Waals surface area contributed by atoms with E-state index in [2.05, 4.69) is 39.7 Å². The number of rotatable bonds is 7. The Labute approximate surface area is 140 Å². The van der Waals surface area contributed by atoms with Crippen LogP contribution in [0.3, 0.4) is 0 Å². The summed E-state index contributed by atoms with van der Waals surface area (Å²) in [6, 6.07) is 3.68. The van der Waals surface area contributed by atoms with Gasteiger partial charge in [0.25, 0.3) is 0 Å². The van der Waals surface area contributed by atoms with Crippen LogP contribution in [0.2, 0.25) is 5.02 Å². The van der Waals surface area contributed by atoms with E-state index in [1.165, 1.54) is 6.20 Å². The average molecular weight is 338 g/mol. The van der Waals surface area contributed by atoms with E-state index in [-0.39, 0.29) is 6.04 Å². The Morgan fingerprint density at radius 2 is 1.96 bits per heavy atom. The number of nitrogens with one attached hydrogen (secondary N) is 2. The van der Waals surface area contributed by atoms with Crippen LogP contribution in [0.1, 0.15) is 20.3 Å². The molecule has 0 spiro atoms. The molecule has 2 aromatic rings. The first kappa shape index (κ1) is 17.1. The average Bonchev–Trinajstić information content (AvgIpc) is 2.56. The van der Waals surface area contributed by atoms with Crippen molar-refractivity contribution in [3.63, 3.8) is 0 Å². The summed E-state index contributed by atoms with van der Waals surface area (Å²) in [5.41, 5.74) is 0.670. The van der Waals surface area contributed by atoms with Gasteiger partial charge in [0.05, 0.1) is 31.1 Å². The topological polar surface area (TPSA) is 81.2 Å². The largest absolute Gasteiger partial charge is 0.495 e. The lowest BCUT2D eigenvalue weighted by atomic mass is 10.2. The predicted molar refractivity (Wildman–Crippen MR) is 91.0 cm³/mol. The molecular weight excluding hydrogens is 318 g/mol. The van der Waals surface area contributed by atoms with Gasteiger partial charge in [-0.3, -0.25) is 0 Å². The van der Waals surface area contributed by atoms with Gasteiger partial charge in [0.2, 0.25) is 5.95 Å². The van der Waals surface area contributed by atoms with Crippen molar-refractivity contribution < 1.29 is 9.47 Å². The van der Waals surface area contributed by atoms with Crippen molar-refractivity contribution in [2.75, 3.05) is 24.9 Å². The van der Waals surface area contributed by atoms with Crippen molar-refractivity contribution in [2.24, 2.45) is 0 Å². The number of aromatic nitrogens is 3. The number of halogens is 1. The summed E-state index contributed by atoms with van der Waals surface area (Å²) in [4.78, 5) is 4.38. The highest BCUT2D eigenvalue weighted by molar-refractivity contribution is 6.32. The van der Waals surface area contributed by atoms with Gasteiger partial charge < -0.3 is 20.1 Å². The normalized spacial score (nSPS) is 11.7. The van der Waals surface area contributed by atoms with E-state index in [1.54, 1.807) is 26.4 Å². The van der Waals surface area contributed by atoms with E-state index in [1.807, 2.05) is 0 Å². The smallest absolute Gasteiger partial charge is 0.244 e. The molecule has 8 heteroatoms. The highest BCUT2D eigenvalue weighted by Gasteiger charge is 2.11. The molecule has 1 aromatic heterocycles. The monoisotopic (exact) mass is 337 g/mol. The first-order chi connectivity index (χ1) is 11.1. The SMILES string of the molecule is CCC(C)Nc1nncc(Nc2cc(OC)c(Cl)cc2OC)n1. The van der Waals surface area contributed by atoms with Crippen molar-refractivity contribution >= 4 is 29.1 Å².